The zero-order valence-corrected chi connectivity index (χ0v) is 16.3. The maximum absolute atomic E-state index is 12.7. The van der Waals surface area contributed by atoms with E-state index < -0.39 is 22.1 Å². The quantitative estimate of drug-likeness (QED) is 0.601. The van der Waals surface area contributed by atoms with Crippen LogP contribution in [0.1, 0.15) is 37.0 Å². The molecule has 1 aliphatic heterocycles. The Morgan fingerprint density at radius 3 is 2.59 bits per heavy atom. The van der Waals surface area contributed by atoms with Crippen LogP contribution in [0, 0.1) is 5.92 Å². The predicted octanol–water partition coefficient (Wildman–Crippen LogP) is 2.34. The van der Waals surface area contributed by atoms with Crippen molar-refractivity contribution >= 4 is 32.7 Å². The van der Waals surface area contributed by atoms with E-state index in [2.05, 4.69) is 4.98 Å². The van der Waals surface area contributed by atoms with Crippen molar-refractivity contribution in [1.29, 1.82) is 0 Å². The highest BCUT2D eigenvalue weighted by Gasteiger charge is 2.32. The number of Topliss-reactive ketones (excluding diaryl/α,β-unsaturated/α-hetero) is 1. The lowest BCUT2D eigenvalue weighted by molar-refractivity contribution is -0.152. The van der Waals surface area contributed by atoms with Gasteiger partial charge in [0.25, 0.3) is 0 Å². The lowest BCUT2D eigenvalue weighted by Gasteiger charge is -2.30. The monoisotopic (exact) mass is 392 g/mol. The first-order valence-electron chi connectivity index (χ1n) is 9.12. The zero-order valence-electron chi connectivity index (χ0n) is 15.5. The fourth-order valence-corrected chi connectivity index (χ4v) is 4.50. The minimum Gasteiger partial charge on any atom is -0.454 e. The average Bonchev–Trinajstić information content (AvgIpc) is 3.11. The predicted molar refractivity (Wildman–Crippen MR) is 102 cm³/mol. The first-order valence-corrected chi connectivity index (χ1v) is 10.7. The molecule has 3 rings (SSSR count). The molecule has 7 nitrogen and oxygen atoms in total. The summed E-state index contributed by atoms with van der Waals surface area (Å²) in [6, 6.07) is 7.45. The number of ketones is 1. The number of hydrogen-bond acceptors (Lipinski definition) is 5. The number of carbonyl (C=O) groups is 2. The summed E-state index contributed by atoms with van der Waals surface area (Å²) in [7, 11) is -3.23. The second-order valence-corrected chi connectivity index (χ2v) is 9.02. The van der Waals surface area contributed by atoms with Gasteiger partial charge in [0.05, 0.1) is 11.7 Å². The van der Waals surface area contributed by atoms with Crippen LogP contribution in [0.3, 0.4) is 0 Å². The number of hydrogen-bond donors (Lipinski definition) is 1. The lowest BCUT2D eigenvalue weighted by atomic mass is 9.98. The maximum Gasteiger partial charge on any atom is 0.309 e. The molecule has 0 spiro atoms. The van der Waals surface area contributed by atoms with Gasteiger partial charge in [0.2, 0.25) is 15.8 Å². The van der Waals surface area contributed by atoms with Gasteiger partial charge in [0.15, 0.2) is 6.10 Å². The van der Waals surface area contributed by atoms with Crippen LogP contribution >= 0.6 is 0 Å². The van der Waals surface area contributed by atoms with Crippen molar-refractivity contribution in [3.05, 3.63) is 36.0 Å². The lowest BCUT2D eigenvalue weighted by Crippen LogP contribution is -2.42. The van der Waals surface area contributed by atoms with Gasteiger partial charge in [-0.05, 0) is 32.8 Å². The maximum atomic E-state index is 12.7. The number of fused-ring (bicyclic) bond motifs is 1. The largest absolute Gasteiger partial charge is 0.454 e. The highest BCUT2D eigenvalue weighted by molar-refractivity contribution is 7.89. The van der Waals surface area contributed by atoms with Crippen molar-refractivity contribution in [2.45, 2.75) is 32.8 Å². The molecule has 1 atom stereocenters. The van der Waals surface area contributed by atoms with Crippen LogP contribution < -0.4 is 0 Å². The Bertz CT molecular complexity index is 942. The average molecular weight is 392 g/mol. The number of aromatic amines is 1. The van der Waals surface area contributed by atoms with E-state index in [1.807, 2.05) is 24.3 Å². The van der Waals surface area contributed by atoms with E-state index in [4.69, 9.17) is 4.74 Å². The molecule has 1 aliphatic rings. The van der Waals surface area contributed by atoms with Crippen molar-refractivity contribution in [3.63, 3.8) is 0 Å². The van der Waals surface area contributed by atoms with Gasteiger partial charge in [-0.3, -0.25) is 9.59 Å². The zero-order chi connectivity index (χ0) is 19.6. The Labute approximate surface area is 158 Å². The minimum atomic E-state index is -3.23. The second-order valence-electron chi connectivity index (χ2n) is 6.77. The van der Waals surface area contributed by atoms with Gasteiger partial charge in [-0.2, -0.15) is 0 Å². The molecule has 0 radical (unpaired) electrons. The van der Waals surface area contributed by atoms with Crippen LogP contribution in [0.25, 0.3) is 10.9 Å². The molecule has 27 heavy (non-hydrogen) atoms. The van der Waals surface area contributed by atoms with Crippen LogP contribution in [-0.2, 0) is 19.6 Å². The van der Waals surface area contributed by atoms with Gasteiger partial charge in [-0.1, -0.05) is 18.2 Å². The Morgan fingerprint density at radius 1 is 1.26 bits per heavy atom. The van der Waals surface area contributed by atoms with E-state index in [-0.39, 0.29) is 17.5 Å². The standard InChI is InChI=1S/C19H24N2O5S/c1-3-27(24,25)21-10-8-14(9-11-21)19(23)26-13(2)18(22)16-12-20-17-7-5-4-6-15(16)17/h4-7,12-14,20H,3,8-11H2,1-2H3. The van der Waals surface area contributed by atoms with Crippen LogP contribution in [0.15, 0.2) is 30.5 Å². The first kappa shape index (κ1) is 19.6. The van der Waals surface area contributed by atoms with E-state index >= 15 is 0 Å². The first-order chi connectivity index (χ1) is 12.8. The Kier molecular flexibility index (Phi) is 5.67. The van der Waals surface area contributed by atoms with Gasteiger partial charge >= 0.3 is 5.97 Å². The fourth-order valence-electron chi connectivity index (χ4n) is 3.37. The summed E-state index contributed by atoms with van der Waals surface area (Å²) in [6.45, 7) is 3.79. The number of esters is 1. The number of aromatic nitrogens is 1. The summed E-state index contributed by atoms with van der Waals surface area (Å²) < 4.78 is 30.6. The molecule has 2 aromatic rings. The molecule has 0 aliphatic carbocycles. The Morgan fingerprint density at radius 2 is 1.93 bits per heavy atom. The normalized spacial score (nSPS) is 17.7. The minimum absolute atomic E-state index is 0.0538. The van der Waals surface area contributed by atoms with Crippen LogP contribution in [-0.4, -0.2) is 54.4 Å². The van der Waals surface area contributed by atoms with Crippen molar-refractivity contribution in [2.24, 2.45) is 5.92 Å². The fraction of sp³-hybridized carbons (Fsp3) is 0.474. The Balaban J connectivity index is 1.60. The number of piperidine rings is 1. The summed E-state index contributed by atoms with van der Waals surface area (Å²) in [4.78, 5) is 28.1. The van der Waals surface area contributed by atoms with Gasteiger partial charge in [-0.15, -0.1) is 0 Å². The Hall–Kier alpha value is -2.19. The number of nitrogens with zero attached hydrogens (tertiary/aromatic N) is 1. The number of nitrogens with one attached hydrogen (secondary N) is 1. The molecular weight excluding hydrogens is 368 g/mol. The number of carbonyl (C=O) groups excluding carboxylic acids is 2. The molecule has 0 saturated carbocycles. The second kappa shape index (κ2) is 7.82. The molecule has 1 N–H and O–H groups in total. The van der Waals surface area contributed by atoms with E-state index in [0.717, 1.165) is 10.9 Å². The molecule has 0 amide bonds. The van der Waals surface area contributed by atoms with Gasteiger partial charge in [0.1, 0.15) is 0 Å². The summed E-state index contributed by atoms with van der Waals surface area (Å²) >= 11 is 0. The van der Waals surface area contributed by atoms with Gasteiger partial charge in [-0.25, -0.2) is 12.7 Å². The van der Waals surface area contributed by atoms with Crippen molar-refractivity contribution in [2.75, 3.05) is 18.8 Å². The molecule has 1 aromatic carbocycles. The molecule has 1 aromatic heterocycles. The van der Waals surface area contributed by atoms with Crippen LogP contribution in [0.2, 0.25) is 0 Å². The van der Waals surface area contributed by atoms with E-state index in [1.165, 1.54) is 4.31 Å². The molecule has 146 valence electrons. The molecule has 1 unspecified atom stereocenters. The molecule has 0 bridgehead atoms. The number of sulfonamides is 1. The number of benzene rings is 1. The molecule has 2 heterocycles. The smallest absolute Gasteiger partial charge is 0.309 e. The third-order valence-electron chi connectivity index (χ3n) is 5.06. The van der Waals surface area contributed by atoms with Gasteiger partial charge < -0.3 is 9.72 Å². The number of ether oxygens (including phenoxy) is 1. The highest BCUT2D eigenvalue weighted by atomic mass is 32.2. The van der Waals surface area contributed by atoms with E-state index in [9.17, 15) is 18.0 Å². The summed E-state index contributed by atoms with van der Waals surface area (Å²) in [5.74, 6) is -1.03. The number of para-hydroxylation sites is 1. The molecule has 1 fully saturated rings. The molecule has 1 saturated heterocycles. The molecular formula is C19H24N2O5S. The SMILES string of the molecule is CCS(=O)(=O)N1CCC(C(=O)OC(C)C(=O)c2c[nH]c3ccccc23)CC1. The van der Waals surface area contributed by atoms with E-state index in [0.29, 0.717) is 31.5 Å². The van der Waals surface area contributed by atoms with Crippen molar-refractivity contribution in [1.82, 2.24) is 9.29 Å². The third-order valence-corrected chi connectivity index (χ3v) is 6.94. The van der Waals surface area contributed by atoms with E-state index in [1.54, 1.807) is 20.0 Å². The number of H-pyrrole nitrogens is 1. The van der Waals surface area contributed by atoms with Crippen LogP contribution in [0.5, 0.6) is 0 Å². The topological polar surface area (TPSA) is 96.5 Å². The molecule has 8 heteroatoms. The summed E-state index contributed by atoms with van der Waals surface area (Å²) in [6.07, 6.45) is 1.55. The third kappa shape index (κ3) is 4.06. The van der Waals surface area contributed by atoms with Crippen molar-refractivity contribution < 1.29 is 22.7 Å². The van der Waals surface area contributed by atoms with Crippen LogP contribution in [0.4, 0.5) is 0 Å². The summed E-state index contributed by atoms with van der Waals surface area (Å²) in [5.41, 5.74) is 1.35. The highest BCUT2D eigenvalue weighted by Crippen LogP contribution is 2.23. The summed E-state index contributed by atoms with van der Waals surface area (Å²) in [5, 5.41) is 0.795. The number of rotatable bonds is 6. The van der Waals surface area contributed by atoms with Gasteiger partial charge in [0, 0.05) is 35.8 Å². The van der Waals surface area contributed by atoms with Crippen molar-refractivity contribution in [3.8, 4) is 0 Å².